The molecule has 3 heterocycles. The summed E-state index contributed by atoms with van der Waals surface area (Å²) in [5.74, 6) is 3.56. The van der Waals surface area contributed by atoms with E-state index in [-0.39, 0.29) is 0 Å². The molecule has 0 spiro atoms. The molecule has 8 nitrogen and oxygen atoms in total. The van der Waals surface area contributed by atoms with Crippen molar-refractivity contribution in [2.75, 3.05) is 63.6 Å². The van der Waals surface area contributed by atoms with E-state index >= 15 is 0 Å². The molecule has 8 heteroatoms. The number of piperidine rings is 1. The van der Waals surface area contributed by atoms with Gasteiger partial charge in [-0.25, -0.2) is 4.98 Å². The summed E-state index contributed by atoms with van der Waals surface area (Å²) in [6.07, 6.45) is 7.83. The summed E-state index contributed by atoms with van der Waals surface area (Å²) in [6, 6.07) is 7.73. The fourth-order valence-electron chi connectivity index (χ4n) is 4.32. The van der Waals surface area contributed by atoms with Gasteiger partial charge in [-0.1, -0.05) is 0 Å². The zero-order chi connectivity index (χ0) is 22.0. The number of nitrogens with one attached hydrogen (secondary N) is 3. The zero-order valence-electron chi connectivity index (χ0n) is 19.1. The molecule has 2 aliphatic rings. The van der Waals surface area contributed by atoms with E-state index < -0.39 is 0 Å². The standard InChI is InChI=1S/C24H36N6O2/c1-31-21-6-5-20(17-22(21)32-16-4-15-30-13-2-3-14-30)28-24-26-12-9-23(29-24)27-18-19-7-10-25-11-8-19/h5-6,9,12,17,19,25H,2-4,7-8,10-11,13-16,18H2,1H3,(H2,26,27,28,29). The van der Waals surface area contributed by atoms with Crippen LogP contribution in [-0.2, 0) is 0 Å². The predicted molar refractivity (Wildman–Crippen MR) is 128 cm³/mol. The summed E-state index contributed by atoms with van der Waals surface area (Å²) in [6.45, 7) is 7.33. The van der Waals surface area contributed by atoms with Gasteiger partial charge >= 0.3 is 0 Å². The van der Waals surface area contributed by atoms with Crippen LogP contribution in [0, 0.1) is 5.92 Å². The molecule has 0 bridgehead atoms. The minimum Gasteiger partial charge on any atom is -0.493 e. The summed E-state index contributed by atoms with van der Waals surface area (Å²) in [7, 11) is 1.67. The number of benzene rings is 1. The van der Waals surface area contributed by atoms with Gasteiger partial charge < -0.3 is 30.3 Å². The van der Waals surface area contributed by atoms with Crippen LogP contribution >= 0.6 is 0 Å². The second kappa shape index (κ2) is 11.9. The van der Waals surface area contributed by atoms with Crippen LogP contribution in [0.5, 0.6) is 11.5 Å². The van der Waals surface area contributed by atoms with E-state index in [1.165, 1.54) is 38.8 Å². The molecule has 1 aromatic carbocycles. The quantitative estimate of drug-likeness (QED) is 0.458. The van der Waals surface area contributed by atoms with Crippen LogP contribution in [0.4, 0.5) is 17.5 Å². The largest absolute Gasteiger partial charge is 0.493 e. The highest BCUT2D eigenvalue weighted by atomic mass is 16.5. The summed E-state index contributed by atoms with van der Waals surface area (Å²) in [5, 5.41) is 10.2. The van der Waals surface area contributed by atoms with Gasteiger partial charge in [0.25, 0.3) is 0 Å². The monoisotopic (exact) mass is 440 g/mol. The second-order valence-electron chi connectivity index (χ2n) is 8.58. The number of nitrogens with zero attached hydrogens (tertiary/aromatic N) is 3. The molecular weight excluding hydrogens is 404 g/mol. The van der Waals surface area contributed by atoms with Crippen LogP contribution in [0.15, 0.2) is 30.5 Å². The molecule has 2 aliphatic heterocycles. The van der Waals surface area contributed by atoms with E-state index in [9.17, 15) is 0 Å². The number of hydrogen-bond donors (Lipinski definition) is 3. The first-order valence-corrected chi connectivity index (χ1v) is 11.9. The molecule has 2 aromatic rings. The van der Waals surface area contributed by atoms with Crippen LogP contribution in [-0.4, -0.2) is 67.9 Å². The Labute approximate surface area is 191 Å². The molecule has 0 saturated carbocycles. The summed E-state index contributed by atoms with van der Waals surface area (Å²) in [5.41, 5.74) is 0.871. The molecule has 1 aromatic heterocycles. The van der Waals surface area contributed by atoms with Gasteiger partial charge in [-0.15, -0.1) is 0 Å². The van der Waals surface area contributed by atoms with E-state index in [0.29, 0.717) is 18.5 Å². The molecule has 0 unspecified atom stereocenters. The minimum atomic E-state index is 0.561. The summed E-state index contributed by atoms with van der Waals surface area (Å²) < 4.78 is 11.5. The van der Waals surface area contributed by atoms with Crippen molar-refractivity contribution in [1.82, 2.24) is 20.2 Å². The fourth-order valence-corrected chi connectivity index (χ4v) is 4.32. The van der Waals surface area contributed by atoms with Gasteiger partial charge in [-0.2, -0.15) is 4.98 Å². The first-order valence-electron chi connectivity index (χ1n) is 11.9. The SMILES string of the molecule is COc1ccc(Nc2nccc(NCC3CCNCC3)n2)cc1OCCCN1CCCC1. The Morgan fingerprint density at radius 2 is 1.97 bits per heavy atom. The van der Waals surface area contributed by atoms with E-state index in [1.807, 2.05) is 24.3 Å². The average molecular weight is 441 g/mol. The van der Waals surface area contributed by atoms with E-state index in [2.05, 4.69) is 30.8 Å². The Kier molecular flexibility index (Phi) is 8.39. The first kappa shape index (κ1) is 22.6. The van der Waals surface area contributed by atoms with Gasteiger partial charge in [0.2, 0.25) is 5.95 Å². The lowest BCUT2D eigenvalue weighted by molar-refractivity contribution is 0.254. The first-order chi connectivity index (χ1) is 15.8. The smallest absolute Gasteiger partial charge is 0.229 e. The Hall–Kier alpha value is -2.58. The number of methoxy groups -OCH3 is 1. The number of likely N-dealkylation sites (tertiary alicyclic amines) is 1. The maximum absolute atomic E-state index is 6.05. The maximum atomic E-state index is 6.05. The lowest BCUT2D eigenvalue weighted by Crippen LogP contribution is -2.31. The van der Waals surface area contributed by atoms with Gasteiger partial charge in [0, 0.05) is 31.0 Å². The van der Waals surface area contributed by atoms with Crippen molar-refractivity contribution in [3.05, 3.63) is 30.5 Å². The summed E-state index contributed by atoms with van der Waals surface area (Å²) >= 11 is 0. The van der Waals surface area contributed by atoms with Crippen molar-refractivity contribution in [3.8, 4) is 11.5 Å². The summed E-state index contributed by atoms with van der Waals surface area (Å²) in [4.78, 5) is 11.5. The zero-order valence-corrected chi connectivity index (χ0v) is 19.1. The third kappa shape index (κ3) is 6.71. The van der Waals surface area contributed by atoms with Crippen molar-refractivity contribution in [3.63, 3.8) is 0 Å². The lowest BCUT2D eigenvalue weighted by Gasteiger charge is -2.23. The molecule has 3 N–H and O–H groups in total. The number of rotatable bonds is 11. The highest BCUT2D eigenvalue weighted by molar-refractivity contribution is 5.60. The van der Waals surface area contributed by atoms with Gasteiger partial charge in [0.1, 0.15) is 5.82 Å². The molecule has 0 atom stereocenters. The highest BCUT2D eigenvalue weighted by Crippen LogP contribution is 2.31. The predicted octanol–water partition coefficient (Wildman–Crippen LogP) is 3.51. The van der Waals surface area contributed by atoms with E-state index in [0.717, 1.165) is 55.6 Å². The second-order valence-corrected chi connectivity index (χ2v) is 8.58. The van der Waals surface area contributed by atoms with Gasteiger partial charge in [-0.3, -0.25) is 0 Å². The number of aromatic nitrogens is 2. The molecular formula is C24H36N6O2. The maximum Gasteiger partial charge on any atom is 0.229 e. The van der Waals surface area contributed by atoms with Crippen LogP contribution < -0.4 is 25.4 Å². The third-order valence-corrected chi connectivity index (χ3v) is 6.18. The van der Waals surface area contributed by atoms with Crippen LogP contribution in [0.2, 0.25) is 0 Å². The topological polar surface area (TPSA) is 83.6 Å². The highest BCUT2D eigenvalue weighted by Gasteiger charge is 2.14. The lowest BCUT2D eigenvalue weighted by atomic mass is 9.98. The van der Waals surface area contributed by atoms with Gasteiger partial charge in [-0.05, 0) is 82.4 Å². The fraction of sp³-hybridized carbons (Fsp3) is 0.583. The molecule has 2 saturated heterocycles. The molecule has 32 heavy (non-hydrogen) atoms. The van der Waals surface area contributed by atoms with E-state index in [4.69, 9.17) is 9.47 Å². The molecule has 0 radical (unpaired) electrons. The average Bonchev–Trinajstić information content (AvgIpc) is 3.35. The normalized spacial score (nSPS) is 17.3. The van der Waals surface area contributed by atoms with Gasteiger partial charge in [0.15, 0.2) is 11.5 Å². The van der Waals surface area contributed by atoms with Crippen molar-refractivity contribution in [1.29, 1.82) is 0 Å². The molecule has 2 fully saturated rings. The molecule has 0 amide bonds. The Bertz CT molecular complexity index is 837. The van der Waals surface area contributed by atoms with Crippen LogP contribution in [0.1, 0.15) is 32.1 Å². The van der Waals surface area contributed by atoms with E-state index in [1.54, 1.807) is 13.3 Å². The Morgan fingerprint density at radius 1 is 1.12 bits per heavy atom. The number of ether oxygens (including phenoxy) is 2. The molecule has 0 aliphatic carbocycles. The van der Waals surface area contributed by atoms with Crippen LogP contribution in [0.3, 0.4) is 0 Å². The van der Waals surface area contributed by atoms with Crippen molar-refractivity contribution in [2.24, 2.45) is 5.92 Å². The minimum absolute atomic E-state index is 0.561. The number of hydrogen-bond acceptors (Lipinski definition) is 8. The molecule has 174 valence electrons. The van der Waals surface area contributed by atoms with Crippen LogP contribution in [0.25, 0.3) is 0 Å². The number of anilines is 3. The Morgan fingerprint density at radius 3 is 2.78 bits per heavy atom. The molecule has 4 rings (SSSR count). The van der Waals surface area contributed by atoms with Gasteiger partial charge in [0.05, 0.1) is 13.7 Å². The van der Waals surface area contributed by atoms with Crippen molar-refractivity contribution >= 4 is 17.5 Å². The third-order valence-electron chi connectivity index (χ3n) is 6.18. The van der Waals surface area contributed by atoms with Crippen molar-refractivity contribution < 1.29 is 9.47 Å². The Balaban J connectivity index is 1.31. The van der Waals surface area contributed by atoms with Crippen molar-refractivity contribution in [2.45, 2.75) is 32.1 Å².